The number of fused-ring (bicyclic) bond motifs is 2. The molecular formula is C20H16N2O3S2. The second-order valence-electron chi connectivity index (χ2n) is 6.31. The molecule has 0 atom stereocenters. The summed E-state index contributed by atoms with van der Waals surface area (Å²) in [5.41, 5.74) is 3.39. The van der Waals surface area contributed by atoms with Crippen molar-refractivity contribution in [3.63, 3.8) is 0 Å². The van der Waals surface area contributed by atoms with Crippen LogP contribution in [0.2, 0.25) is 0 Å². The number of aliphatic carboxylic acids is 1. The third-order valence-electron chi connectivity index (χ3n) is 4.48. The first-order chi connectivity index (χ1) is 13.0. The van der Waals surface area contributed by atoms with Crippen molar-refractivity contribution >= 4 is 41.3 Å². The lowest BCUT2D eigenvalue weighted by Crippen LogP contribution is -2.14. The Kier molecular flexibility index (Phi) is 4.63. The number of carboxylic acid groups (broad SMARTS) is 1. The number of carbonyl (C=O) groups is 1. The van der Waals surface area contributed by atoms with Crippen molar-refractivity contribution in [2.24, 2.45) is 4.99 Å². The second-order valence-corrected chi connectivity index (χ2v) is 7.98. The quantitative estimate of drug-likeness (QED) is 0.668. The maximum Gasteiger partial charge on any atom is 0.323 e. The summed E-state index contributed by atoms with van der Waals surface area (Å²) in [4.78, 5) is 16.3. The van der Waals surface area contributed by atoms with Crippen molar-refractivity contribution in [2.75, 3.05) is 0 Å². The fraction of sp³-hybridized carbons (Fsp3) is 0.150. The molecule has 0 fully saturated rings. The summed E-state index contributed by atoms with van der Waals surface area (Å²) in [6, 6.07) is 14.1. The number of thiazole rings is 1. The number of aromatic hydroxyl groups is 1. The van der Waals surface area contributed by atoms with E-state index in [0.29, 0.717) is 8.83 Å². The predicted octanol–water partition coefficient (Wildman–Crippen LogP) is 2.95. The number of aryl methyl sites for hydroxylation is 2. The van der Waals surface area contributed by atoms with E-state index < -0.39 is 5.97 Å². The Balaban J connectivity index is 1.77. The van der Waals surface area contributed by atoms with E-state index in [2.05, 4.69) is 12.1 Å². The molecule has 0 amide bonds. The lowest BCUT2D eigenvalue weighted by atomic mass is 10.0. The molecule has 0 radical (unpaired) electrons. The molecular weight excluding hydrogens is 380 g/mol. The standard InChI is InChI=1S/C20H16N2O3S2/c23-18(24)11-22-19(25)17(27-20(22)26)10-12-5-8-16-14(9-12)7-6-13-3-1-2-4-15(13)21-16/h1-5,8-10,25H,6-7,11H2,(H,23,24). The maximum absolute atomic E-state index is 10.9. The van der Waals surface area contributed by atoms with Gasteiger partial charge in [0.2, 0.25) is 5.88 Å². The number of rotatable bonds is 3. The second kappa shape index (κ2) is 7.09. The van der Waals surface area contributed by atoms with Gasteiger partial charge in [0.05, 0.1) is 15.9 Å². The van der Waals surface area contributed by atoms with Crippen LogP contribution < -0.4 is 10.6 Å². The molecule has 1 aliphatic rings. The van der Waals surface area contributed by atoms with Crippen molar-refractivity contribution in [3.8, 4) is 5.88 Å². The maximum atomic E-state index is 10.9. The van der Waals surface area contributed by atoms with Gasteiger partial charge in [0, 0.05) is 0 Å². The topological polar surface area (TPSA) is 74.8 Å². The molecule has 0 spiro atoms. The van der Waals surface area contributed by atoms with Crippen LogP contribution in [-0.4, -0.2) is 20.7 Å². The van der Waals surface area contributed by atoms with Crippen LogP contribution >= 0.6 is 23.6 Å². The molecule has 0 saturated heterocycles. The Bertz CT molecular complexity index is 1220. The Labute approximate surface area is 164 Å². The van der Waals surface area contributed by atoms with Crippen LogP contribution in [0.1, 0.15) is 16.0 Å². The van der Waals surface area contributed by atoms with Crippen molar-refractivity contribution in [3.05, 3.63) is 73.0 Å². The van der Waals surface area contributed by atoms with Gasteiger partial charge < -0.3 is 10.2 Å². The first kappa shape index (κ1) is 17.6. The summed E-state index contributed by atoms with van der Waals surface area (Å²) in [6.07, 6.45) is 3.64. The molecule has 0 unspecified atom stereocenters. The Morgan fingerprint density at radius 2 is 2.00 bits per heavy atom. The van der Waals surface area contributed by atoms with Gasteiger partial charge in [-0.1, -0.05) is 24.3 Å². The minimum absolute atomic E-state index is 0.112. The van der Waals surface area contributed by atoms with Crippen LogP contribution in [0.15, 0.2) is 47.5 Å². The van der Waals surface area contributed by atoms with Gasteiger partial charge >= 0.3 is 5.97 Å². The van der Waals surface area contributed by atoms with E-state index >= 15 is 0 Å². The number of para-hydroxylation sites is 1. The molecule has 0 saturated carbocycles. The van der Waals surface area contributed by atoms with Crippen LogP contribution in [-0.2, 0) is 24.2 Å². The molecule has 2 heterocycles. The van der Waals surface area contributed by atoms with Gasteiger partial charge in [0.1, 0.15) is 6.54 Å². The molecule has 2 N–H and O–H groups in total. The summed E-state index contributed by atoms with van der Waals surface area (Å²) in [5.74, 6) is -1.16. The Morgan fingerprint density at radius 3 is 2.81 bits per heavy atom. The molecule has 27 heavy (non-hydrogen) atoms. The van der Waals surface area contributed by atoms with Crippen LogP contribution in [0.25, 0.3) is 6.08 Å². The number of benzene rings is 2. The number of aromatic nitrogens is 1. The average Bonchev–Trinajstić information content (AvgIpc) is 2.82. The fourth-order valence-electron chi connectivity index (χ4n) is 3.17. The van der Waals surface area contributed by atoms with E-state index in [4.69, 9.17) is 22.3 Å². The van der Waals surface area contributed by atoms with E-state index in [-0.39, 0.29) is 12.4 Å². The summed E-state index contributed by atoms with van der Waals surface area (Å²) in [7, 11) is 0. The lowest BCUT2D eigenvalue weighted by molar-refractivity contribution is -0.137. The molecule has 5 nitrogen and oxygen atoms in total. The summed E-state index contributed by atoms with van der Waals surface area (Å²) in [6.45, 7) is -0.351. The zero-order valence-electron chi connectivity index (χ0n) is 14.3. The molecule has 7 heteroatoms. The molecule has 2 aromatic carbocycles. The highest BCUT2D eigenvalue weighted by atomic mass is 32.1. The van der Waals surface area contributed by atoms with Gasteiger partial charge in [-0.05, 0) is 65.7 Å². The minimum atomic E-state index is -1.04. The van der Waals surface area contributed by atoms with E-state index in [1.54, 1.807) is 0 Å². The normalized spacial score (nSPS) is 13.4. The highest BCUT2D eigenvalue weighted by Gasteiger charge is 2.13. The molecule has 4 rings (SSSR count). The van der Waals surface area contributed by atoms with Gasteiger partial charge in [0.15, 0.2) is 3.95 Å². The number of nitrogens with zero attached hydrogens (tertiary/aromatic N) is 2. The van der Waals surface area contributed by atoms with E-state index in [1.165, 1.54) is 21.5 Å². The van der Waals surface area contributed by atoms with Crippen molar-refractivity contribution < 1.29 is 15.0 Å². The minimum Gasteiger partial charge on any atom is -0.493 e. The molecule has 3 aromatic rings. The predicted molar refractivity (Wildman–Crippen MR) is 107 cm³/mol. The van der Waals surface area contributed by atoms with Gasteiger partial charge in [-0.2, -0.15) is 0 Å². The van der Waals surface area contributed by atoms with Crippen molar-refractivity contribution in [1.29, 1.82) is 0 Å². The fourth-order valence-corrected chi connectivity index (χ4v) is 4.44. The lowest BCUT2D eigenvalue weighted by Gasteiger charge is -2.01. The smallest absolute Gasteiger partial charge is 0.323 e. The van der Waals surface area contributed by atoms with E-state index in [1.807, 2.05) is 36.4 Å². The number of hydrogen-bond acceptors (Lipinski definition) is 5. The van der Waals surface area contributed by atoms with E-state index in [9.17, 15) is 9.90 Å². The first-order valence-electron chi connectivity index (χ1n) is 8.43. The van der Waals surface area contributed by atoms with Crippen LogP contribution in [0.5, 0.6) is 5.88 Å². The van der Waals surface area contributed by atoms with Gasteiger partial charge in [-0.3, -0.25) is 9.36 Å². The molecule has 0 bridgehead atoms. The molecule has 1 aromatic heterocycles. The Hall–Kier alpha value is -2.77. The van der Waals surface area contributed by atoms with Crippen molar-refractivity contribution in [1.82, 2.24) is 4.57 Å². The zero-order valence-corrected chi connectivity index (χ0v) is 15.9. The number of carboxylic acids is 1. The highest BCUT2D eigenvalue weighted by molar-refractivity contribution is 7.73. The summed E-state index contributed by atoms with van der Waals surface area (Å²) >= 11 is 6.37. The monoisotopic (exact) mass is 396 g/mol. The third kappa shape index (κ3) is 3.56. The molecule has 136 valence electrons. The third-order valence-corrected chi connectivity index (χ3v) is 5.87. The van der Waals surface area contributed by atoms with Gasteiger partial charge in [-0.15, -0.1) is 11.3 Å². The zero-order chi connectivity index (χ0) is 19.0. The molecule has 1 aliphatic heterocycles. The van der Waals surface area contributed by atoms with E-state index in [0.717, 1.165) is 34.7 Å². The summed E-state index contributed by atoms with van der Waals surface area (Å²) < 4.78 is 1.56. The van der Waals surface area contributed by atoms with Crippen LogP contribution in [0.4, 0.5) is 5.69 Å². The largest absolute Gasteiger partial charge is 0.493 e. The summed E-state index contributed by atoms with van der Waals surface area (Å²) in [5, 5.41) is 21.1. The Morgan fingerprint density at radius 1 is 1.22 bits per heavy atom. The van der Waals surface area contributed by atoms with Gasteiger partial charge in [0.25, 0.3) is 0 Å². The molecule has 0 aliphatic carbocycles. The van der Waals surface area contributed by atoms with Crippen LogP contribution in [0, 0.1) is 3.95 Å². The SMILES string of the molecule is O=C(O)Cn1c(O)c(C=c2ccc3c(c2)CCc2ccccc2N=3)sc1=S. The average molecular weight is 396 g/mol. The first-order valence-corrected chi connectivity index (χ1v) is 9.65. The van der Waals surface area contributed by atoms with Crippen molar-refractivity contribution in [2.45, 2.75) is 19.4 Å². The van der Waals surface area contributed by atoms with Gasteiger partial charge in [-0.25, -0.2) is 4.99 Å². The highest BCUT2D eigenvalue weighted by Crippen LogP contribution is 2.26. The van der Waals surface area contributed by atoms with Crippen LogP contribution in [0.3, 0.4) is 0 Å². The number of hydrogen-bond donors (Lipinski definition) is 2.